The molecule has 2 heterocycles. The number of esters is 1. The van der Waals surface area contributed by atoms with Crippen LogP contribution in [0.4, 0.5) is 0 Å². The second-order valence-corrected chi connectivity index (χ2v) is 5.63. The summed E-state index contributed by atoms with van der Waals surface area (Å²) < 4.78 is 6.97. The molecule has 0 N–H and O–H groups in total. The van der Waals surface area contributed by atoms with Gasteiger partial charge in [-0.15, -0.1) is 5.10 Å². The first-order valence-electron chi connectivity index (χ1n) is 7.60. The second kappa shape index (κ2) is 5.80. The predicted molar refractivity (Wildman–Crippen MR) is 82.9 cm³/mol. The van der Waals surface area contributed by atoms with E-state index in [4.69, 9.17) is 4.74 Å². The van der Waals surface area contributed by atoms with Crippen molar-refractivity contribution in [2.45, 2.75) is 25.7 Å². The molecule has 0 aliphatic heterocycles. The monoisotopic (exact) mass is 322 g/mol. The number of nitrogens with zero attached hydrogens (tertiary/aromatic N) is 6. The van der Waals surface area contributed by atoms with Gasteiger partial charge in [0.15, 0.2) is 0 Å². The first-order chi connectivity index (χ1) is 11.7. The molecule has 0 radical (unpaired) electrons. The van der Waals surface area contributed by atoms with Gasteiger partial charge in [0.2, 0.25) is 0 Å². The van der Waals surface area contributed by atoms with Gasteiger partial charge in [0.05, 0.1) is 11.4 Å². The summed E-state index contributed by atoms with van der Waals surface area (Å²) >= 11 is 0. The molecule has 0 spiro atoms. The fraction of sp³-hybridized carbons (Fsp3) is 0.250. The summed E-state index contributed by atoms with van der Waals surface area (Å²) in [6.45, 7) is 1.82. The number of ether oxygens (including phenoxy) is 1. The summed E-state index contributed by atoms with van der Waals surface area (Å²) in [7, 11) is 0. The summed E-state index contributed by atoms with van der Waals surface area (Å²) in [4.78, 5) is 21.0. The molecule has 1 aliphatic carbocycles. The van der Waals surface area contributed by atoms with E-state index in [1.165, 1.54) is 11.0 Å². The van der Waals surface area contributed by atoms with Gasteiger partial charge in [-0.25, -0.2) is 19.4 Å². The third-order valence-corrected chi connectivity index (χ3v) is 3.78. The molecular weight excluding hydrogens is 308 g/mol. The van der Waals surface area contributed by atoms with E-state index >= 15 is 0 Å². The van der Waals surface area contributed by atoms with E-state index in [2.05, 4.69) is 25.5 Å². The molecule has 1 aromatic carbocycles. The highest BCUT2D eigenvalue weighted by Crippen LogP contribution is 2.40. The molecule has 0 unspecified atom stereocenters. The number of rotatable bonds is 4. The number of carbonyl (C=O) groups excluding carboxylic acids is 1. The Labute approximate surface area is 137 Å². The van der Waals surface area contributed by atoms with Crippen molar-refractivity contribution in [3.8, 4) is 11.4 Å². The lowest BCUT2D eigenvalue weighted by molar-refractivity contribution is 0.0732. The number of carbonyl (C=O) groups is 1. The zero-order chi connectivity index (χ0) is 16.5. The van der Waals surface area contributed by atoms with E-state index < -0.39 is 5.97 Å². The Balaban J connectivity index is 1.54. The topological polar surface area (TPSA) is 95.7 Å². The van der Waals surface area contributed by atoms with Crippen molar-refractivity contribution in [3.05, 3.63) is 53.9 Å². The molecule has 2 aromatic heterocycles. The molecule has 120 valence electrons. The van der Waals surface area contributed by atoms with Gasteiger partial charge in [-0.2, -0.15) is 0 Å². The molecule has 3 aromatic rings. The number of aryl methyl sites for hydroxylation is 1. The maximum absolute atomic E-state index is 12.5. The minimum atomic E-state index is -0.438. The lowest BCUT2D eigenvalue weighted by Crippen LogP contribution is -2.13. The summed E-state index contributed by atoms with van der Waals surface area (Å²) in [5.41, 5.74) is 2.00. The highest BCUT2D eigenvalue weighted by atomic mass is 16.5. The van der Waals surface area contributed by atoms with Gasteiger partial charge in [0.25, 0.3) is 0 Å². The zero-order valence-electron chi connectivity index (χ0n) is 13.0. The van der Waals surface area contributed by atoms with Gasteiger partial charge >= 0.3 is 5.97 Å². The van der Waals surface area contributed by atoms with E-state index in [1.54, 1.807) is 30.5 Å². The lowest BCUT2D eigenvalue weighted by atomic mass is 10.1. The Kier molecular flexibility index (Phi) is 3.49. The smallest absolute Gasteiger partial charge is 0.346 e. The summed E-state index contributed by atoms with van der Waals surface area (Å²) in [6, 6.07) is 6.93. The molecule has 0 bridgehead atoms. The van der Waals surface area contributed by atoms with Crippen LogP contribution in [0.1, 0.15) is 40.6 Å². The van der Waals surface area contributed by atoms with Crippen LogP contribution in [0.3, 0.4) is 0 Å². The fourth-order valence-electron chi connectivity index (χ4n) is 2.42. The fourth-order valence-corrected chi connectivity index (χ4v) is 2.42. The third-order valence-electron chi connectivity index (χ3n) is 3.78. The first-order valence-corrected chi connectivity index (χ1v) is 7.60. The van der Waals surface area contributed by atoms with Crippen molar-refractivity contribution in [2.75, 3.05) is 0 Å². The molecule has 1 aliphatic rings. The van der Waals surface area contributed by atoms with E-state index in [-0.39, 0.29) is 0 Å². The predicted octanol–water partition coefficient (Wildman–Crippen LogP) is 1.86. The summed E-state index contributed by atoms with van der Waals surface area (Å²) in [6.07, 6.45) is 5.15. The van der Waals surface area contributed by atoms with Crippen LogP contribution in [-0.2, 0) is 0 Å². The highest BCUT2D eigenvalue weighted by Gasteiger charge is 2.30. The molecule has 8 heteroatoms. The third kappa shape index (κ3) is 2.85. The number of aromatic nitrogens is 6. The van der Waals surface area contributed by atoms with Crippen molar-refractivity contribution in [2.24, 2.45) is 0 Å². The van der Waals surface area contributed by atoms with Crippen molar-refractivity contribution >= 4 is 5.97 Å². The Morgan fingerprint density at radius 2 is 2.04 bits per heavy atom. The normalized spacial score (nSPS) is 13.7. The molecule has 0 saturated heterocycles. The van der Waals surface area contributed by atoms with Gasteiger partial charge in [-0.3, -0.25) is 0 Å². The van der Waals surface area contributed by atoms with E-state index in [0.29, 0.717) is 23.1 Å². The SMILES string of the molecule is Cc1ncc(C(=O)Oc2ccc(-n3cnnn3)cc2)c(C2CC2)n1. The van der Waals surface area contributed by atoms with Crippen molar-refractivity contribution < 1.29 is 9.53 Å². The van der Waals surface area contributed by atoms with Gasteiger partial charge in [0.1, 0.15) is 23.5 Å². The minimum Gasteiger partial charge on any atom is -0.423 e. The Morgan fingerprint density at radius 1 is 1.25 bits per heavy atom. The minimum absolute atomic E-state index is 0.344. The summed E-state index contributed by atoms with van der Waals surface area (Å²) in [5, 5.41) is 11.0. The van der Waals surface area contributed by atoms with Crippen LogP contribution in [0.25, 0.3) is 5.69 Å². The van der Waals surface area contributed by atoms with Crippen molar-refractivity contribution in [1.29, 1.82) is 0 Å². The Bertz CT molecular complexity index is 872. The van der Waals surface area contributed by atoms with Crippen molar-refractivity contribution in [3.63, 3.8) is 0 Å². The van der Waals surface area contributed by atoms with Gasteiger partial charge in [-0.1, -0.05) is 0 Å². The molecule has 24 heavy (non-hydrogen) atoms. The van der Waals surface area contributed by atoms with Crippen molar-refractivity contribution in [1.82, 2.24) is 30.2 Å². The highest BCUT2D eigenvalue weighted by molar-refractivity contribution is 5.92. The molecule has 1 saturated carbocycles. The quantitative estimate of drug-likeness (QED) is 0.534. The van der Waals surface area contributed by atoms with Crippen LogP contribution < -0.4 is 4.74 Å². The number of benzene rings is 1. The van der Waals surface area contributed by atoms with Crippen LogP contribution in [0.2, 0.25) is 0 Å². The maximum Gasteiger partial charge on any atom is 0.346 e. The first kappa shape index (κ1) is 14.4. The molecule has 0 atom stereocenters. The standard InChI is InChI=1S/C16H14N6O2/c1-10-17-8-14(15(19-10)11-2-3-11)16(23)24-13-6-4-12(5-7-13)22-9-18-20-21-22/h4-9,11H,2-3H2,1H3. The summed E-state index contributed by atoms with van der Waals surface area (Å²) in [5.74, 6) is 1.02. The maximum atomic E-state index is 12.5. The van der Waals surface area contributed by atoms with Crippen LogP contribution in [0, 0.1) is 6.92 Å². The van der Waals surface area contributed by atoms with Crippen LogP contribution in [-0.4, -0.2) is 36.1 Å². The molecular formula is C16H14N6O2. The Morgan fingerprint density at radius 3 is 2.71 bits per heavy atom. The Hall–Kier alpha value is -3.16. The van der Waals surface area contributed by atoms with Gasteiger partial charge in [-0.05, 0) is 54.5 Å². The molecule has 0 amide bonds. The molecule has 1 fully saturated rings. The second-order valence-electron chi connectivity index (χ2n) is 5.63. The van der Waals surface area contributed by atoms with Crippen LogP contribution in [0.15, 0.2) is 36.8 Å². The van der Waals surface area contributed by atoms with E-state index in [1.807, 2.05) is 6.92 Å². The zero-order valence-corrected chi connectivity index (χ0v) is 13.0. The van der Waals surface area contributed by atoms with Gasteiger partial charge < -0.3 is 4.74 Å². The van der Waals surface area contributed by atoms with E-state index in [9.17, 15) is 4.79 Å². The van der Waals surface area contributed by atoms with E-state index in [0.717, 1.165) is 24.2 Å². The number of tetrazole rings is 1. The largest absolute Gasteiger partial charge is 0.423 e. The molecule has 8 nitrogen and oxygen atoms in total. The molecule has 4 rings (SSSR count). The lowest BCUT2D eigenvalue weighted by Gasteiger charge is -2.09. The van der Waals surface area contributed by atoms with Gasteiger partial charge in [0, 0.05) is 12.1 Å². The average Bonchev–Trinajstić information content (AvgIpc) is 3.30. The average molecular weight is 322 g/mol. The number of hydrogen-bond acceptors (Lipinski definition) is 7. The number of hydrogen-bond donors (Lipinski definition) is 0. The van der Waals surface area contributed by atoms with Crippen LogP contribution >= 0.6 is 0 Å². The van der Waals surface area contributed by atoms with Crippen LogP contribution in [0.5, 0.6) is 5.75 Å².